The minimum absolute atomic E-state index is 0.700. The Kier molecular flexibility index (Phi) is 2.42. The zero-order valence-corrected chi connectivity index (χ0v) is 9.34. The van der Waals surface area contributed by atoms with Gasteiger partial charge in [-0.05, 0) is 61.7 Å². The Morgan fingerprint density at radius 1 is 1.23 bits per heavy atom. The summed E-state index contributed by atoms with van der Waals surface area (Å²) in [4.78, 5) is 0. The van der Waals surface area contributed by atoms with E-state index in [4.69, 9.17) is 0 Å². The first-order valence-corrected chi connectivity index (χ1v) is 5.95. The molecule has 0 spiro atoms. The first-order valence-electron chi connectivity index (χ1n) is 5.95. The quantitative estimate of drug-likeness (QED) is 0.599. The minimum Gasteiger partial charge on any atom is -0.0625 e. The van der Waals surface area contributed by atoms with Gasteiger partial charge in [0.1, 0.15) is 0 Å². The summed E-state index contributed by atoms with van der Waals surface area (Å²) in [6.45, 7) is 7.24. The molecule has 0 bridgehead atoms. The third-order valence-corrected chi connectivity index (χ3v) is 4.35. The highest BCUT2D eigenvalue weighted by molar-refractivity contribution is 5.00. The molecule has 0 aromatic carbocycles. The van der Waals surface area contributed by atoms with Gasteiger partial charge in [0.25, 0.3) is 0 Å². The molecular formula is C13H23. The Balaban J connectivity index is 1.87. The van der Waals surface area contributed by atoms with Gasteiger partial charge in [0, 0.05) is 0 Å². The van der Waals surface area contributed by atoms with Gasteiger partial charge in [0.2, 0.25) is 0 Å². The number of rotatable bonds is 2. The van der Waals surface area contributed by atoms with E-state index in [-0.39, 0.29) is 0 Å². The van der Waals surface area contributed by atoms with Crippen LogP contribution in [0.3, 0.4) is 0 Å². The highest BCUT2D eigenvalue weighted by Gasteiger charge is 2.43. The topological polar surface area (TPSA) is 0 Å². The van der Waals surface area contributed by atoms with Crippen molar-refractivity contribution >= 4 is 0 Å². The molecule has 0 aromatic rings. The second-order valence-electron chi connectivity index (χ2n) is 5.81. The van der Waals surface area contributed by atoms with Crippen LogP contribution in [0.5, 0.6) is 0 Å². The molecule has 0 nitrogen and oxygen atoms in total. The molecule has 13 heavy (non-hydrogen) atoms. The molecule has 2 aliphatic rings. The molecule has 0 aliphatic heterocycles. The summed E-state index contributed by atoms with van der Waals surface area (Å²) in [7, 11) is 0. The summed E-state index contributed by atoms with van der Waals surface area (Å²) in [6.07, 6.45) is 9.96. The average Bonchev–Trinajstić information content (AvgIpc) is 2.87. The van der Waals surface area contributed by atoms with Crippen LogP contribution in [0.2, 0.25) is 0 Å². The predicted octanol–water partition coefficient (Wildman–Crippen LogP) is 4.06. The van der Waals surface area contributed by atoms with Crippen LogP contribution in [0.25, 0.3) is 0 Å². The van der Waals surface area contributed by atoms with E-state index in [0.717, 1.165) is 17.8 Å². The molecule has 2 atom stereocenters. The highest BCUT2D eigenvalue weighted by atomic mass is 14.5. The standard InChI is InChI=1S/C13H23/c1-10(2)11-6-8-13(3,9-7-11)12-4-5-12/h6,10-12H,4-5,7-9H2,1-3H3. The Bertz CT molecular complexity index is 168. The Hall–Kier alpha value is 0. The third kappa shape index (κ3) is 1.92. The molecule has 2 unspecified atom stereocenters. The van der Waals surface area contributed by atoms with E-state index in [2.05, 4.69) is 27.2 Å². The third-order valence-electron chi connectivity index (χ3n) is 4.35. The maximum Gasteiger partial charge on any atom is -0.0295 e. The normalized spacial score (nSPS) is 41.1. The van der Waals surface area contributed by atoms with Gasteiger partial charge in [-0.2, -0.15) is 0 Å². The van der Waals surface area contributed by atoms with E-state index in [1.165, 1.54) is 32.1 Å². The van der Waals surface area contributed by atoms with Crippen molar-refractivity contribution in [2.75, 3.05) is 0 Å². The molecule has 2 fully saturated rings. The Morgan fingerprint density at radius 3 is 2.31 bits per heavy atom. The zero-order valence-electron chi connectivity index (χ0n) is 9.34. The Morgan fingerprint density at radius 2 is 1.92 bits per heavy atom. The zero-order chi connectivity index (χ0) is 9.47. The first-order chi connectivity index (χ1) is 6.12. The summed E-state index contributed by atoms with van der Waals surface area (Å²) >= 11 is 0. The first kappa shape index (κ1) is 9.55. The molecule has 2 rings (SSSR count). The lowest BCUT2D eigenvalue weighted by Gasteiger charge is -2.39. The van der Waals surface area contributed by atoms with Crippen molar-refractivity contribution < 1.29 is 0 Å². The number of hydrogen-bond donors (Lipinski definition) is 0. The van der Waals surface area contributed by atoms with Crippen molar-refractivity contribution in [3.05, 3.63) is 6.42 Å². The Labute approximate surface area is 83.1 Å². The average molecular weight is 179 g/mol. The van der Waals surface area contributed by atoms with E-state index in [9.17, 15) is 0 Å². The lowest BCUT2D eigenvalue weighted by Crippen LogP contribution is -2.28. The SMILES string of the molecule is CC(C)C1[CH]CC(C)(C2CC2)CC1. The van der Waals surface area contributed by atoms with Crippen molar-refractivity contribution in [1.82, 2.24) is 0 Å². The van der Waals surface area contributed by atoms with Crippen LogP contribution in [-0.4, -0.2) is 0 Å². The van der Waals surface area contributed by atoms with Crippen LogP contribution in [0.1, 0.15) is 52.9 Å². The summed E-state index contributed by atoms with van der Waals surface area (Å²) in [5, 5.41) is 0. The van der Waals surface area contributed by atoms with Crippen molar-refractivity contribution in [3.63, 3.8) is 0 Å². The van der Waals surface area contributed by atoms with E-state index in [0.29, 0.717) is 5.41 Å². The van der Waals surface area contributed by atoms with Crippen LogP contribution in [0.15, 0.2) is 0 Å². The summed E-state index contributed by atoms with van der Waals surface area (Å²) < 4.78 is 0. The van der Waals surface area contributed by atoms with Crippen LogP contribution in [0.4, 0.5) is 0 Å². The van der Waals surface area contributed by atoms with E-state index in [1.54, 1.807) is 0 Å². The molecule has 0 heterocycles. The molecule has 2 saturated carbocycles. The van der Waals surface area contributed by atoms with Gasteiger partial charge in [-0.15, -0.1) is 0 Å². The van der Waals surface area contributed by atoms with Gasteiger partial charge < -0.3 is 0 Å². The van der Waals surface area contributed by atoms with E-state index < -0.39 is 0 Å². The van der Waals surface area contributed by atoms with Gasteiger partial charge in [-0.1, -0.05) is 20.8 Å². The molecule has 0 heteroatoms. The smallest absolute Gasteiger partial charge is 0.0295 e. The van der Waals surface area contributed by atoms with Crippen LogP contribution in [-0.2, 0) is 0 Å². The molecule has 0 N–H and O–H groups in total. The lowest BCUT2D eigenvalue weighted by molar-refractivity contribution is 0.165. The summed E-state index contributed by atoms with van der Waals surface area (Å²) in [5.74, 6) is 2.85. The molecule has 0 amide bonds. The minimum atomic E-state index is 0.700. The number of hydrogen-bond acceptors (Lipinski definition) is 0. The lowest BCUT2D eigenvalue weighted by atomic mass is 9.67. The van der Waals surface area contributed by atoms with Gasteiger partial charge in [-0.3, -0.25) is 0 Å². The maximum absolute atomic E-state index is 2.62. The summed E-state index contributed by atoms with van der Waals surface area (Å²) in [5.41, 5.74) is 0.700. The predicted molar refractivity (Wildman–Crippen MR) is 57.3 cm³/mol. The molecule has 75 valence electrons. The van der Waals surface area contributed by atoms with Gasteiger partial charge >= 0.3 is 0 Å². The monoisotopic (exact) mass is 179 g/mol. The highest BCUT2D eigenvalue weighted by Crippen LogP contribution is 2.54. The second-order valence-corrected chi connectivity index (χ2v) is 5.81. The molecule has 1 radical (unpaired) electrons. The van der Waals surface area contributed by atoms with Gasteiger partial charge in [-0.25, -0.2) is 0 Å². The van der Waals surface area contributed by atoms with Crippen molar-refractivity contribution in [2.24, 2.45) is 23.2 Å². The summed E-state index contributed by atoms with van der Waals surface area (Å²) in [6, 6.07) is 0. The van der Waals surface area contributed by atoms with Crippen LogP contribution < -0.4 is 0 Å². The van der Waals surface area contributed by atoms with Crippen LogP contribution in [0, 0.1) is 29.6 Å². The molecule has 0 saturated heterocycles. The fourth-order valence-electron chi connectivity index (χ4n) is 2.89. The maximum atomic E-state index is 2.62. The van der Waals surface area contributed by atoms with Gasteiger partial charge in [0.05, 0.1) is 0 Å². The van der Waals surface area contributed by atoms with Crippen molar-refractivity contribution in [3.8, 4) is 0 Å². The molecule has 0 aromatic heterocycles. The second kappa shape index (κ2) is 3.29. The van der Waals surface area contributed by atoms with Gasteiger partial charge in [0.15, 0.2) is 0 Å². The van der Waals surface area contributed by atoms with Crippen LogP contribution >= 0.6 is 0 Å². The largest absolute Gasteiger partial charge is 0.0625 e. The van der Waals surface area contributed by atoms with E-state index >= 15 is 0 Å². The fourth-order valence-corrected chi connectivity index (χ4v) is 2.89. The van der Waals surface area contributed by atoms with Crippen molar-refractivity contribution in [1.29, 1.82) is 0 Å². The van der Waals surface area contributed by atoms with Crippen molar-refractivity contribution in [2.45, 2.75) is 52.9 Å². The van der Waals surface area contributed by atoms with E-state index in [1.807, 2.05) is 0 Å². The fraction of sp³-hybridized carbons (Fsp3) is 0.923. The molecular weight excluding hydrogens is 156 g/mol. The molecule has 2 aliphatic carbocycles.